The Morgan fingerprint density at radius 2 is 2.17 bits per heavy atom. The van der Waals surface area contributed by atoms with Gasteiger partial charge in [0.25, 0.3) is 0 Å². The van der Waals surface area contributed by atoms with Gasteiger partial charge in [0, 0.05) is 14.2 Å². The van der Waals surface area contributed by atoms with Crippen LogP contribution in [0.25, 0.3) is 0 Å². The van der Waals surface area contributed by atoms with E-state index < -0.39 is 23.3 Å². The molecule has 30 heavy (non-hydrogen) atoms. The molecule has 1 fully saturated rings. The van der Waals surface area contributed by atoms with Gasteiger partial charge >= 0.3 is 5.69 Å². The number of rotatable bonds is 7. The summed E-state index contributed by atoms with van der Waals surface area (Å²) in [5.74, 6) is 1.92. The lowest BCUT2D eigenvalue weighted by Crippen LogP contribution is -2.37. The number of fused-ring (bicyclic) bond motifs is 2. The van der Waals surface area contributed by atoms with Crippen molar-refractivity contribution >= 4 is 23.3 Å². The zero-order chi connectivity index (χ0) is 21.3. The molecule has 0 amide bonds. The molecule has 9 nitrogen and oxygen atoms in total. The molecule has 2 aromatic rings. The molecule has 1 unspecified atom stereocenters. The fourth-order valence-electron chi connectivity index (χ4n) is 3.63. The molecule has 1 saturated heterocycles. The van der Waals surface area contributed by atoms with Gasteiger partial charge in [0.2, 0.25) is 0 Å². The maximum atomic E-state index is 12.8. The van der Waals surface area contributed by atoms with Crippen LogP contribution < -0.4 is 20.5 Å². The number of hydrogen-bond donors (Lipinski definition) is 2. The normalized spacial score (nSPS) is 24.5. The first-order valence-electron chi connectivity index (χ1n) is 9.76. The van der Waals surface area contributed by atoms with Crippen molar-refractivity contribution in [3.05, 3.63) is 34.9 Å². The van der Waals surface area contributed by atoms with E-state index in [0.29, 0.717) is 42.0 Å². The van der Waals surface area contributed by atoms with Crippen molar-refractivity contribution in [1.82, 2.24) is 9.55 Å². The van der Waals surface area contributed by atoms with E-state index in [1.165, 1.54) is 23.4 Å². The molecule has 4 atom stereocenters. The number of aliphatic hydroxyl groups excluding tert-OH is 1. The lowest BCUT2D eigenvalue weighted by Gasteiger charge is -2.25. The Bertz CT molecular complexity index is 968. The first-order chi connectivity index (χ1) is 14.6. The maximum Gasteiger partial charge on any atom is 0.350 e. The third kappa shape index (κ3) is 3.76. The third-order valence-electron chi connectivity index (χ3n) is 5.02. The van der Waals surface area contributed by atoms with E-state index in [0.717, 1.165) is 6.42 Å². The van der Waals surface area contributed by atoms with E-state index in [1.54, 1.807) is 13.3 Å². The average molecular weight is 436 g/mol. The molecule has 162 valence electrons. The molecular weight excluding hydrogens is 410 g/mol. The lowest BCUT2D eigenvalue weighted by atomic mass is 10.1. The van der Waals surface area contributed by atoms with Crippen LogP contribution in [0.4, 0.5) is 11.5 Å². The van der Waals surface area contributed by atoms with Crippen LogP contribution in [0.5, 0.6) is 17.2 Å². The number of para-hydroxylation sites is 1. The summed E-state index contributed by atoms with van der Waals surface area (Å²) in [6, 6.07) is 5.49. The van der Waals surface area contributed by atoms with Crippen molar-refractivity contribution in [3.8, 4) is 17.2 Å². The minimum Gasteiger partial charge on any atom is -0.491 e. The van der Waals surface area contributed by atoms with Gasteiger partial charge in [-0.25, -0.2) is 4.79 Å². The molecule has 2 N–H and O–H groups in total. The average Bonchev–Trinajstić information content (AvgIpc) is 3.05. The molecular formula is C20H25N3O6S. The minimum absolute atomic E-state index is 0.110. The van der Waals surface area contributed by atoms with E-state index in [9.17, 15) is 9.90 Å². The molecule has 10 heteroatoms. The summed E-state index contributed by atoms with van der Waals surface area (Å²) in [4.78, 5) is 16.9. The highest BCUT2D eigenvalue weighted by Gasteiger charge is 2.45. The predicted octanol–water partition coefficient (Wildman–Crippen LogP) is 2.52. The molecule has 0 aliphatic carbocycles. The van der Waals surface area contributed by atoms with Crippen molar-refractivity contribution < 1.29 is 24.1 Å². The molecule has 2 aliphatic rings. The van der Waals surface area contributed by atoms with E-state index in [4.69, 9.17) is 18.9 Å². The van der Waals surface area contributed by atoms with Crippen LogP contribution >= 0.6 is 11.8 Å². The van der Waals surface area contributed by atoms with Crippen LogP contribution in [0, 0.1) is 0 Å². The Kier molecular flexibility index (Phi) is 6.19. The van der Waals surface area contributed by atoms with Gasteiger partial charge in [-0.15, -0.1) is 11.8 Å². The van der Waals surface area contributed by atoms with E-state index in [1.807, 2.05) is 25.1 Å². The van der Waals surface area contributed by atoms with Crippen molar-refractivity contribution in [2.24, 2.45) is 0 Å². The van der Waals surface area contributed by atoms with Gasteiger partial charge in [-0.1, -0.05) is 13.0 Å². The predicted molar refractivity (Wildman–Crippen MR) is 113 cm³/mol. The highest BCUT2D eigenvalue weighted by Crippen LogP contribution is 2.47. The molecule has 0 bridgehead atoms. The Morgan fingerprint density at radius 3 is 2.90 bits per heavy atom. The van der Waals surface area contributed by atoms with Gasteiger partial charge in [0.1, 0.15) is 29.0 Å². The number of anilines is 2. The quantitative estimate of drug-likeness (QED) is 0.579. The fraction of sp³-hybridized carbons (Fsp3) is 0.500. The van der Waals surface area contributed by atoms with E-state index >= 15 is 0 Å². The van der Waals surface area contributed by atoms with Crippen LogP contribution in [0.1, 0.15) is 18.7 Å². The molecule has 0 radical (unpaired) electrons. The topological polar surface area (TPSA) is 104 Å². The zero-order valence-electron chi connectivity index (χ0n) is 17.0. The van der Waals surface area contributed by atoms with Crippen molar-refractivity contribution in [2.45, 2.75) is 36.2 Å². The summed E-state index contributed by atoms with van der Waals surface area (Å²) in [6.07, 6.45) is 1.09. The largest absolute Gasteiger partial charge is 0.491 e. The number of nitrogens with zero attached hydrogens (tertiary/aromatic N) is 2. The second-order valence-corrected chi connectivity index (χ2v) is 8.42. The van der Waals surface area contributed by atoms with E-state index in [2.05, 4.69) is 10.3 Å². The second-order valence-electron chi connectivity index (χ2n) is 7.06. The minimum atomic E-state index is -0.893. The van der Waals surface area contributed by atoms with Crippen LogP contribution in [-0.4, -0.2) is 59.5 Å². The summed E-state index contributed by atoms with van der Waals surface area (Å²) in [7, 11) is 3.13. The SMILES string of the molecule is CCCOc1cccc2c1Nc1nc(=O)n([C@@H]3S[C@H](COC)C(OC)[C@@H]3O)cc1O2. The van der Waals surface area contributed by atoms with Gasteiger partial charge in [0.15, 0.2) is 17.3 Å². The molecule has 2 aliphatic heterocycles. The second kappa shape index (κ2) is 8.84. The smallest absolute Gasteiger partial charge is 0.350 e. The molecule has 4 rings (SSSR count). The Balaban J connectivity index is 1.64. The van der Waals surface area contributed by atoms with Crippen LogP contribution in [-0.2, 0) is 9.47 Å². The van der Waals surface area contributed by atoms with Gasteiger partial charge < -0.3 is 29.4 Å². The van der Waals surface area contributed by atoms with Crippen molar-refractivity contribution in [3.63, 3.8) is 0 Å². The monoisotopic (exact) mass is 435 g/mol. The Hall–Kier alpha value is -2.27. The number of benzene rings is 1. The standard InChI is InChI=1S/C20H25N3O6S/c1-4-8-28-11-6-5-7-12-15(11)21-18-13(29-12)9-23(20(25)22-18)19-16(24)17(27-3)14(30-19)10-26-2/h5-7,9,14,16-17,19,24H,4,8,10H2,1-3H3,(H,21,22,25)/t14-,16+,17?,19-/m1/s1. The van der Waals surface area contributed by atoms with E-state index in [-0.39, 0.29) is 5.25 Å². The van der Waals surface area contributed by atoms with Crippen LogP contribution in [0.3, 0.4) is 0 Å². The van der Waals surface area contributed by atoms with Gasteiger partial charge in [-0.05, 0) is 18.6 Å². The highest BCUT2D eigenvalue weighted by molar-refractivity contribution is 8.00. The number of methoxy groups -OCH3 is 2. The van der Waals surface area contributed by atoms with Gasteiger partial charge in [-0.2, -0.15) is 4.98 Å². The summed E-state index contributed by atoms with van der Waals surface area (Å²) in [6.45, 7) is 3.00. The first-order valence-corrected chi connectivity index (χ1v) is 10.7. The number of nitrogens with one attached hydrogen (secondary N) is 1. The van der Waals surface area contributed by atoms with Crippen molar-refractivity contribution in [2.75, 3.05) is 32.8 Å². The molecule has 0 saturated carbocycles. The summed E-state index contributed by atoms with van der Waals surface area (Å²) in [5, 5.41) is 13.2. The number of thioether (sulfide) groups is 1. The highest BCUT2D eigenvalue weighted by atomic mass is 32.2. The number of aromatic nitrogens is 2. The summed E-state index contributed by atoms with van der Waals surface area (Å²) < 4.78 is 23.8. The first kappa shape index (κ1) is 21.0. The zero-order valence-corrected chi connectivity index (χ0v) is 17.8. The number of aliphatic hydroxyl groups is 1. The molecule has 1 aromatic heterocycles. The third-order valence-corrected chi connectivity index (χ3v) is 6.56. The fourth-order valence-corrected chi connectivity index (χ4v) is 5.22. The molecule has 3 heterocycles. The molecule has 1 aromatic carbocycles. The van der Waals surface area contributed by atoms with Crippen LogP contribution in [0.2, 0.25) is 0 Å². The maximum absolute atomic E-state index is 12.8. The number of hydrogen-bond acceptors (Lipinski definition) is 9. The molecule has 0 spiro atoms. The summed E-state index contributed by atoms with van der Waals surface area (Å²) >= 11 is 1.42. The van der Waals surface area contributed by atoms with Gasteiger partial charge in [0.05, 0.1) is 24.7 Å². The Labute approximate surface area is 178 Å². The van der Waals surface area contributed by atoms with Crippen molar-refractivity contribution in [1.29, 1.82) is 0 Å². The lowest BCUT2D eigenvalue weighted by molar-refractivity contribution is -0.0211. The number of ether oxygens (including phenoxy) is 4. The Morgan fingerprint density at radius 1 is 1.33 bits per heavy atom. The summed E-state index contributed by atoms with van der Waals surface area (Å²) in [5.41, 5.74) is 0.141. The van der Waals surface area contributed by atoms with Crippen LogP contribution in [0.15, 0.2) is 29.2 Å². The van der Waals surface area contributed by atoms with Gasteiger partial charge in [-0.3, -0.25) is 4.57 Å².